The number of anilines is 1. The van der Waals surface area contributed by atoms with Crippen LogP contribution in [-0.4, -0.2) is 48.0 Å². The van der Waals surface area contributed by atoms with Crippen molar-refractivity contribution in [3.63, 3.8) is 0 Å². The molecule has 1 aromatic carbocycles. The highest BCUT2D eigenvalue weighted by molar-refractivity contribution is 14.0. The number of aromatic nitrogens is 2. The van der Waals surface area contributed by atoms with Crippen molar-refractivity contribution < 1.29 is 8.78 Å². The molecule has 1 fully saturated rings. The van der Waals surface area contributed by atoms with Crippen LogP contribution in [-0.2, 0) is 13.5 Å². The van der Waals surface area contributed by atoms with Crippen molar-refractivity contribution in [2.75, 3.05) is 31.1 Å². The zero-order valence-electron chi connectivity index (χ0n) is 16.9. The number of aryl methyl sites for hydroxylation is 1. The fourth-order valence-electron chi connectivity index (χ4n) is 3.44. The minimum absolute atomic E-state index is 0. The molecule has 9 heteroatoms. The molecule has 1 aliphatic rings. The summed E-state index contributed by atoms with van der Waals surface area (Å²) in [5.74, 6) is -0.116. The Labute approximate surface area is 187 Å². The zero-order valence-corrected chi connectivity index (χ0v) is 19.2. The van der Waals surface area contributed by atoms with Crippen molar-refractivity contribution in [2.45, 2.75) is 32.2 Å². The number of rotatable bonds is 6. The monoisotopic (exact) mass is 518 g/mol. The molecule has 0 amide bonds. The molecule has 2 aromatic rings. The molecule has 1 unspecified atom stereocenters. The summed E-state index contributed by atoms with van der Waals surface area (Å²) in [5.41, 5.74) is 1.47. The molecule has 3 rings (SSSR count). The molecule has 1 aromatic heterocycles. The van der Waals surface area contributed by atoms with Crippen molar-refractivity contribution in [1.29, 1.82) is 0 Å². The lowest BCUT2D eigenvalue weighted by atomic mass is 10.1. The van der Waals surface area contributed by atoms with E-state index in [1.165, 1.54) is 6.07 Å². The van der Waals surface area contributed by atoms with Gasteiger partial charge in [0.2, 0.25) is 0 Å². The lowest BCUT2D eigenvalue weighted by Gasteiger charge is -2.34. The van der Waals surface area contributed by atoms with Crippen LogP contribution in [0.4, 0.5) is 14.5 Å². The number of nitrogens with one attached hydrogen (secondary N) is 2. The summed E-state index contributed by atoms with van der Waals surface area (Å²) in [7, 11) is 1.92. The summed E-state index contributed by atoms with van der Waals surface area (Å²) in [5, 5.41) is 11.0. The normalized spacial score (nSPS) is 17.0. The summed E-state index contributed by atoms with van der Waals surface area (Å²) in [6, 6.07) is 3.79. The molecule has 29 heavy (non-hydrogen) atoms. The maximum atomic E-state index is 13.8. The molecule has 6 nitrogen and oxygen atoms in total. The average molecular weight is 518 g/mol. The Morgan fingerprint density at radius 3 is 2.90 bits per heavy atom. The number of guanidine groups is 1. The van der Waals surface area contributed by atoms with Gasteiger partial charge in [0.05, 0.1) is 11.9 Å². The number of piperidine rings is 1. The zero-order chi connectivity index (χ0) is 19.9. The second-order valence-electron chi connectivity index (χ2n) is 7.05. The van der Waals surface area contributed by atoms with Crippen LogP contribution >= 0.6 is 24.0 Å². The standard InChI is InChI=1S/C20H28F2N6.HI/c1-3-23-20(24-9-8-15-11-16(21)6-7-19(15)22)26-17-5-4-10-28(13-17)18-12-25-27(2)14-18;/h6-7,11-12,14,17H,3-5,8-10,13H2,1-2H3,(H2,23,24,26);1H. The van der Waals surface area contributed by atoms with Crippen LogP contribution in [0.5, 0.6) is 0 Å². The van der Waals surface area contributed by atoms with E-state index in [4.69, 9.17) is 0 Å². The Morgan fingerprint density at radius 2 is 2.17 bits per heavy atom. The quantitative estimate of drug-likeness (QED) is 0.351. The van der Waals surface area contributed by atoms with Crippen molar-refractivity contribution in [3.8, 4) is 0 Å². The van der Waals surface area contributed by atoms with Crippen LogP contribution in [0, 0.1) is 11.6 Å². The second-order valence-corrected chi connectivity index (χ2v) is 7.05. The van der Waals surface area contributed by atoms with Crippen LogP contribution in [0.25, 0.3) is 0 Å². The van der Waals surface area contributed by atoms with Gasteiger partial charge in [0.1, 0.15) is 11.6 Å². The molecule has 160 valence electrons. The number of nitrogens with zero attached hydrogens (tertiary/aromatic N) is 4. The van der Waals surface area contributed by atoms with E-state index in [1.807, 2.05) is 31.0 Å². The smallest absolute Gasteiger partial charge is 0.191 e. The number of aliphatic imine (C=N–C) groups is 1. The van der Waals surface area contributed by atoms with Crippen molar-refractivity contribution in [3.05, 3.63) is 47.8 Å². The largest absolute Gasteiger partial charge is 0.367 e. The van der Waals surface area contributed by atoms with Gasteiger partial charge in [-0.3, -0.25) is 9.67 Å². The van der Waals surface area contributed by atoms with E-state index >= 15 is 0 Å². The Hall–Kier alpha value is -1.91. The van der Waals surface area contributed by atoms with Gasteiger partial charge >= 0.3 is 0 Å². The summed E-state index contributed by atoms with van der Waals surface area (Å²) < 4.78 is 28.9. The maximum Gasteiger partial charge on any atom is 0.191 e. The minimum atomic E-state index is -0.428. The molecule has 0 bridgehead atoms. The van der Waals surface area contributed by atoms with Crippen molar-refractivity contribution in [1.82, 2.24) is 20.4 Å². The molecule has 0 spiro atoms. The highest BCUT2D eigenvalue weighted by Crippen LogP contribution is 2.19. The number of hydrogen-bond donors (Lipinski definition) is 2. The molecular formula is C20H29F2IN6. The van der Waals surface area contributed by atoms with Gasteiger partial charge in [-0.25, -0.2) is 8.78 Å². The molecule has 2 heterocycles. The maximum absolute atomic E-state index is 13.8. The first-order valence-electron chi connectivity index (χ1n) is 9.77. The molecule has 1 saturated heterocycles. The van der Waals surface area contributed by atoms with Crippen LogP contribution < -0.4 is 15.5 Å². The van der Waals surface area contributed by atoms with E-state index in [2.05, 4.69) is 25.6 Å². The van der Waals surface area contributed by atoms with Gasteiger partial charge < -0.3 is 15.5 Å². The molecular weight excluding hydrogens is 489 g/mol. The van der Waals surface area contributed by atoms with Gasteiger partial charge in [0.25, 0.3) is 0 Å². The Morgan fingerprint density at radius 1 is 1.34 bits per heavy atom. The molecule has 0 radical (unpaired) electrons. The first kappa shape index (κ1) is 23.4. The lowest BCUT2D eigenvalue weighted by molar-refractivity contribution is 0.468. The van der Waals surface area contributed by atoms with Gasteiger partial charge in [0.15, 0.2) is 5.96 Å². The highest BCUT2D eigenvalue weighted by atomic mass is 127. The molecule has 2 N–H and O–H groups in total. The van der Waals surface area contributed by atoms with Crippen LogP contribution in [0.2, 0.25) is 0 Å². The first-order valence-corrected chi connectivity index (χ1v) is 9.77. The van der Waals surface area contributed by atoms with E-state index in [9.17, 15) is 8.78 Å². The van der Waals surface area contributed by atoms with E-state index < -0.39 is 11.6 Å². The summed E-state index contributed by atoms with van der Waals surface area (Å²) in [6.07, 6.45) is 6.40. The van der Waals surface area contributed by atoms with E-state index in [-0.39, 0.29) is 30.0 Å². The Bertz CT molecular complexity index is 810. The van der Waals surface area contributed by atoms with Gasteiger partial charge in [-0.05, 0) is 49.9 Å². The first-order chi connectivity index (χ1) is 13.5. The molecule has 1 atom stereocenters. The Balaban J connectivity index is 0.00000300. The van der Waals surface area contributed by atoms with Crippen molar-refractivity contribution in [2.24, 2.45) is 12.0 Å². The third-order valence-corrected chi connectivity index (χ3v) is 4.82. The van der Waals surface area contributed by atoms with E-state index in [1.54, 1.807) is 0 Å². The second kappa shape index (κ2) is 11.3. The fourth-order valence-corrected chi connectivity index (χ4v) is 3.44. The predicted molar refractivity (Wildman–Crippen MR) is 123 cm³/mol. The summed E-state index contributed by atoms with van der Waals surface area (Å²) >= 11 is 0. The third kappa shape index (κ3) is 6.83. The Kier molecular flexibility index (Phi) is 9.12. The summed E-state index contributed by atoms with van der Waals surface area (Å²) in [4.78, 5) is 6.87. The summed E-state index contributed by atoms with van der Waals surface area (Å²) in [6.45, 7) is 5.01. The SMILES string of the molecule is CCNC(=NCCc1cc(F)ccc1F)NC1CCCN(c2cnn(C)c2)C1.I. The number of hydrogen-bond acceptors (Lipinski definition) is 3. The average Bonchev–Trinajstić information content (AvgIpc) is 3.11. The van der Waals surface area contributed by atoms with Crippen LogP contribution in [0.3, 0.4) is 0 Å². The van der Waals surface area contributed by atoms with Crippen molar-refractivity contribution >= 4 is 35.6 Å². The minimum Gasteiger partial charge on any atom is -0.367 e. The molecule has 1 aliphatic heterocycles. The predicted octanol–water partition coefficient (Wildman–Crippen LogP) is 3.08. The van der Waals surface area contributed by atoms with Gasteiger partial charge in [-0.2, -0.15) is 5.10 Å². The highest BCUT2D eigenvalue weighted by Gasteiger charge is 2.21. The van der Waals surface area contributed by atoms with Crippen LogP contribution in [0.15, 0.2) is 35.6 Å². The molecule has 0 saturated carbocycles. The lowest BCUT2D eigenvalue weighted by Crippen LogP contribution is -2.51. The van der Waals surface area contributed by atoms with Gasteiger partial charge in [-0.1, -0.05) is 0 Å². The number of halogens is 3. The van der Waals surface area contributed by atoms with Gasteiger partial charge in [0, 0.05) is 45.5 Å². The number of benzene rings is 1. The topological polar surface area (TPSA) is 57.5 Å². The van der Waals surface area contributed by atoms with Gasteiger partial charge in [-0.15, -0.1) is 24.0 Å². The molecule has 0 aliphatic carbocycles. The fraction of sp³-hybridized carbons (Fsp3) is 0.500. The van der Waals surface area contributed by atoms with E-state index in [0.29, 0.717) is 24.5 Å². The van der Waals surface area contributed by atoms with E-state index in [0.717, 1.165) is 50.3 Å². The van der Waals surface area contributed by atoms with Crippen LogP contribution in [0.1, 0.15) is 25.3 Å². The third-order valence-electron chi connectivity index (χ3n) is 4.82.